The van der Waals surface area contributed by atoms with E-state index in [1.54, 1.807) is 22.9 Å². The summed E-state index contributed by atoms with van der Waals surface area (Å²) >= 11 is 0. The molecular weight excluding hydrogens is 437 g/mol. The fraction of sp³-hybridized carbons (Fsp3) is 0.320. The van der Waals surface area contributed by atoms with Crippen LogP contribution in [-0.4, -0.2) is 49.9 Å². The molecule has 3 heterocycles. The van der Waals surface area contributed by atoms with E-state index in [-0.39, 0.29) is 23.7 Å². The lowest BCUT2D eigenvalue weighted by Crippen LogP contribution is -2.42. The number of anilines is 1. The van der Waals surface area contributed by atoms with E-state index in [0.717, 1.165) is 10.9 Å². The van der Waals surface area contributed by atoms with Crippen LogP contribution in [-0.2, 0) is 0 Å². The number of fused-ring (bicyclic) bond motifs is 3. The Bertz CT molecular complexity index is 1420. The lowest BCUT2D eigenvalue weighted by Gasteiger charge is -2.23. The molecule has 0 bridgehead atoms. The van der Waals surface area contributed by atoms with Gasteiger partial charge in [0, 0.05) is 29.9 Å². The minimum absolute atomic E-state index is 0.00678. The van der Waals surface area contributed by atoms with Gasteiger partial charge in [-0.2, -0.15) is 0 Å². The van der Waals surface area contributed by atoms with Crippen LogP contribution in [0.1, 0.15) is 38.1 Å². The van der Waals surface area contributed by atoms with Gasteiger partial charge in [-0.1, -0.05) is 6.07 Å². The van der Waals surface area contributed by atoms with Gasteiger partial charge in [0.1, 0.15) is 6.17 Å². The molecule has 178 valence electrons. The van der Waals surface area contributed by atoms with Gasteiger partial charge >= 0.3 is 0 Å². The molecular formula is C25H28FN5O3. The second-order valence-electron chi connectivity index (χ2n) is 9.16. The van der Waals surface area contributed by atoms with Gasteiger partial charge in [0.15, 0.2) is 0 Å². The number of carbonyl (C=O) groups is 1. The normalized spacial score (nSPS) is 12.9. The van der Waals surface area contributed by atoms with Crippen molar-refractivity contribution < 1.29 is 14.3 Å². The number of aromatic amines is 1. The second-order valence-corrected chi connectivity index (χ2v) is 9.16. The van der Waals surface area contributed by atoms with E-state index in [2.05, 4.69) is 20.6 Å². The number of benzene rings is 1. The summed E-state index contributed by atoms with van der Waals surface area (Å²) in [5.74, 6) is -0.500. The van der Waals surface area contributed by atoms with E-state index in [4.69, 9.17) is 0 Å². The Labute approximate surface area is 195 Å². The molecule has 0 fully saturated rings. The molecule has 1 aromatic carbocycles. The number of hydrogen-bond donors (Lipinski definition) is 4. The van der Waals surface area contributed by atoms with Crippen molar-refractivity contribution in [3.05, 3.63) is 64.7 Å². The van der Waals surface area contributed by atoms with Crippen LogP contribution in [0.3, 0.4) is 0 Å². The van der Waals surface area contributed by atoms with Crippen LogP contribution in [0.4, 0.5) is 10.1 Å². The first kappa shape index (κ1) is 23.4. The Kier molecular flexibility index (Phi) is 6.14. The van der Waals surface area contributed by atoms with Crippen molar-refractivity contribution in [1.82, 2.24) is 19.9 Å². The number of nitrogens with zero attached hydrogens (tertiary/aromatic N) is 2. The van der Waals surface area contributed by atoms with Gasteiger partial charge in [0.25, 0.3) is 11.5 Å². The Morgan fingerprint density at radius 1 is 1.26 bits per heavy atom. The fourth-order valence-electron chi connectivity index (χ4n) is 3.74. The molecule has 0 saturated carbocycles. The molecule has 0 aliphatic heterocycles. The first-order chi connectivity index (χ1) is 16.1. The summed E-state index contributed by atoms with van der Waals surface area (Å²) in [7, 11) is 0. The summed E-state index contributed by atoms with van der Waals surface area (Å²) in [6.07, 6.45) is 1.54. The highest BCUT2D eigenvalue weighted by Gasteiger charge is 2.27. The van der Waals surface area contributed by atoms with E-state index in [0.29, 0.717) is 22.4 Å². The van der Waals surface area contributed by atoms with Gasteiger partial charge in [-0.3, -0.25) is 19.1 Å². The van der Waals surface area contributed by atoms with E-state index < -0.39 is 17.7 Å². The molecule has 0 saturated heterocycles. The molecule has 0 radical (unpaired) electrons. The third-order valence-electron chi connectivity index (χ3n) is 5.58. The maximum absolute atomic E-state index is 14.2. The summed E-state index contributed by atoms with van der Waals surface area (Å²) < 4.78 is 15.7. The molecule has 0 aliphatic carbocycles. The van der Waals surface area contributed by atoms with E-state index in [1.807, 2.05) is 32.0 Å². The van der Waals surface area contributed by atoms with E-state index >= 15 is 0 Å². The van der Waals surface area contributed by atoms with Crippen LogP contribution in [0.5, 0.6) is 0 Å². The largest absolute Gasteiger partial charge is 0.387 e. The quantitative estimate of drug-likeness (QED) is 0.334. The molecule has 9 heteroatoms. The number of amides is 1. The van der Waals surface area contributed by atoms with E-state index in [9.17, 15) is 19.1 Å². The predicted octanol–water partition coefficient (Wildman–Crippen LogP) is 3.53. The van der Waals surface area contributed by atoms with Crippen LogP contribution in [0.15, 0.2) is 53.6 Å². The van der Waals surface area contributed by atoms with Crippen molar-refractivity contribution in [3.8, 4) is 5.69 Å². The van der Waals surface area contributed by atoms with Crippen molar-refractivity contribution in [2.75, 3.05) is 11.9 Å². The summed E-state index contributed by atoms with van der Waals surface area (Å²) in [4.78, 5) is 33.0. The zero-order valence-electron chi connectivity index (χ0n) is 19.5. The molecule has 0 spiro atoms. The Balaban J connectivity index is 1.79. The van der Waals surface area contributed by atoms with Crippen LogP contribution in [0.2, 0.25) is 0 Å². The number of pyridine rings is 2. The molecule has 1 atom stereocenters. The number of alkyl halides is 1. The van der Waals surface area contributed by atoms with Gasteiger partial charge in [0.05, 0.1) is 45.6 Å². The minimum Gasteiger partial charge on any atom is -0.387 e. The number of rotatable bonds is 7. The number of carbonyl (C=O) groups excluding carboxylic acids is 1. The third kappa shape index (κ3) is 4.51. The van der Waals surface area contributed by atoms with Crippen molar-refractivity contribution >= 4 is 33.5 Å². The van der Waals surface area contributed by atoms with Crippen LogP contribution in [0.25, 0.3) is 27.6 Å². The molecule has 1 amide bonds. The minimum atomic E-state index is -1.62. The topological polar surface area (TPSA) is 112 Å². The zero-order valence-corrected chi connectivity index (χ0v) is 19.5. The number of nitrogens with one attached hydrogen (secondary N) is 3. The highest BCUT2D eigenvalue weighted by Crippen LogP contribution is 2.32. The van der Waals surface area contributed by atoms with Gasteiger partial charge in [-0.25, -0.2) is 4.39 Å². The summed E-state index contributed by atoms with van der Waals surface area (Å²) in [5.41, 5.74) is 1.85. The molecule has 4 rings (SSSR count). The fourth-order valence-corrected chi connectivity index (χ4v) is 3.74. The first-order valence-corrected chi connectivity index (χ1v) is 11.1. The molecule has 34 heavy (non-hydrogen) atoms. The third-order valence-corrected chi connectivity index (χ3v) is 5.58. The van der Waals surface area contributed by atoms with Crippen LogP contribution < -0.4 is 16.2 Å². The van der Waals surface area contributed by atoms with Crippen molar-refractivity contribution in [2.45, 2.75) is 45.5 Å². The number of aliphatic hydroxyl groups is 1. The smallest absolute Gasteiger partial charge is 0.255 e. The predicted molar refractivity (Wildman–Crippen MR) is 131 cm³/mol. The van der Waals surface area contributed by atoms with Gasteiger partial charge in [0.2, 0.25) is 0 Å². The Hall–Kier alpha value is -3.72. The second kappa shape index (κ2) is 8.90. The Morgan fingerprint density at radius 3 is 2.71 bits per heavy atom. The molecule has 0 unspecified atom stereocenters. The molecule has 8 nitrogen and oxygen atoms in total. The summed E-state index contributed by atoms with van der Waals surface area (Å²) in [5, 5.41) is 16.5. The van der Waals surface area contributed by atoms with Gasteiger partial charge in [-0.15, -0.1) is 0 Å². The lowest BCUT2D eigenvalue weighted by atomic mass is 10.0. The van der Waals surface area contributed by atoms with Gasteiger partial charge < -0.3 is 20.7 Å². The summed E-state index contributed by atoms with van der Waals surface area (Å²) in [6, 6.07) is 10.5. The summed E-state index contributed by atoms with van der Waals surface area (Å²) in [6.45, 7) is 6.27. The zero-order chi connectivity index (χ0) is 24.6. The molecule has 4 N–H and O–H groups in total. The maximum atomic E-state index is 14.2. The molecule has 4 aromatic rings. The molecule has 3 aromatic heterocycles. The van der Waals surface area contributed by atoms with Crippen molar-refractivity contribution in [3.63, 3.8) is 0 Å². The maximum Gasteiger partial charge on any atom is 0.255 e. The number of aromatic nitrogens is 3. The van der Waals surface area contributed by atoms with Crippen LogP contribution in [0, 0.1) is 0 Å². The van der Waals surface area contributed by atoms with Crippen molar-refractivity contribution in [1.29, 1.82) is 0 Å². The number of halogens is 1. The SMILES string of the molecule is CC(C)Nc1c(C(=O)NC[C@@H](F)C(C)(C)O)cnc2c1[nH]c1cc(-n3ccccc3=O)ccc12. The highest BCUT2D eigenvalue weighted by atomic mass is 19.1. The monoisotopic (exact) mass is 465 g/mol. The lowest BCUT2D eigenvalue weighted by molar-refractivity contribution is -0.00177. The average molecular weight is 466 g/mol. The number of H-pyrrole nitrogens is 1. The highest BCUT2D eigenvalue weighted by molar-refractivity contribution is 6.14. The molecule has 0 aliphatic rings. The van der Waals surface area contributed by atoms with Crippen LogP contribution >= 0.6 is 0 Å². The standard InChI is InChI=1S/C25H28FN5O3/c1-14(2)29-22-17(24(33)28-13-19(26)25(3,4)34)12-27-21-16-9-8-15(11-18(16)30-23(21)22)31-10-6-5-7-20(31)32/h5-12,14,19,30,34H,13H2,1-4H3,(H,27,29)(H,28,33)/t19-/m1/s1. The van der Waals surface area contributed by atoms with E-state index in [1.165, 1.54) is 26.1 Å². The van der Waals surface area contributed by atoms with Gasteiger partial charge in [-0.05, 0) is 52.0 Å². The average Bonchev–Trinajstić information content (AvgIpc) is 3.15. The Morgan fingerprint density at radius 2 is 2.03 bits per heavy atom. The first-order valence-electron chi connectivity index (χ1n) is 11.1. The van der Waals surface area contributed by atoms with Crippen molar-refractivity contribution in [2.24, 2.45) is 0 Å². The number of hydrogen-bond acceptors (Lipinski definition) is 5.